The summed E-state index contributed by atoms with van der Waals surface area (Å²) in [6.45, 7) is 21.6. The minimum atomic E-state index is -0.594. The molecule has 290 valence electrons. The summed E-state index contributed by atoms with van der Waals surface area (Å²) in [7, 11) is -0.932. The highest BCUT2D eigenvalue weighted by Gasteiger charge is 2.55. The monoisotopic (exact) mass is 738 g/mol. The molecular weight excluding hydrogens is 674 g/mol. The van der Waals surface area contributed by atoms with E-state index in [-0.39, 0.29) is 0 Å². The van der Waals surface area contributed by atoms with Crippen molar-refractivity contribution in [1.29, 1.82) is 0 Å². The van der Waals surface area contributed by atoms with Crippen molar-refractivity contribution in [2.75, 3.05) is 0 Å². The minimum absolute atomic E-state index is 0.438. The number of hydrogen-bond donors (Lipinski definition) is 0. The van der Waals surface area contributed by atoms with Crippen LogP contribution in [0, 0.1) is 0 Å². The van der Waals surface area contributed by atoms with Gasteiger partial charge < -0.3 is 18.6 Å². The summed E-state index contributed by atoms with van der Waals surface area (Å²) in [6, 6.07) is 32.8. The Morgan fingerprint density at radius 1 is 0.436 bits per heavy atom. The molecule has 7 rings (SSSR count). The number of hydrogen-bond acceptors (Lipinski definition) is 4. The molecule has 0 amide bonds. The van der Waals surface area contributed by atoms with Crippen molar-refractivity contribution in [1.82, 2.24) is 0 Å². The van der Waals surface area contributed by atoms with Crippen molar-refractivity contribution >= 4 is 25.2 Å². The van der Waals surface area contributed by atoms with Crippen molar-refractivity contribution in [3.8, 4) is 11.1 Å². The predicted molar refractivity (Wildman–Crippen MR) is 231 cm³/mol. The highest BCUT2D eigenvalue weighted by Crippen LogP contribution is 2.56. The second-order valence-corrected chi connectivity index (χ2v) is 18.6. The first kappa shape index (κ1) is 40.1. The van der Waals surface area contributed by atoms with Crippen LogP contribution in [0.4, 0.5) is 0 Å². The molecular formula is C49H64B2O4. The van der Waals surface area contributed by atoms with E-state index in [9.17, 15) is 0 Å². The lowest BCUT2D eigenvalue weighted by Gasteiger charge is -2.35. The normalized spacial score (nSPS) is 19.8. The van der Waals surface area contributed by atoms with Gasteiger partial charge >= 0.3 is 14.2 Å². The summed E-state index contributed by atoms with van der Waals surface area (Å²) in [5.41, 5.74) is 10.2. The molecule has 0 radical (unpaired) electrons. The first-order valence-corrected chi connectivity index (χ1v) is 21.3. The van der Waals surface area contributed by atoms with E-state index in [1.807, 2.05) is 0 Å². The third-order valence-electron chi connectivity index (χ3n) is 13.6. The third kappa shape index (κ3) is 7.31. The maximum absolute atomic E-state index is 6.70. The topological polar surface area (TPSA) is 36.9 Å². The molecule has 0 saturated carbocycles. The Morgan fingerprint density at radius 2 is 0.818 bits per heavy atom. The average Bonchev–Trinajstić information content (AvgIpc) is 3.66. The van der Waals surface area contributed by atoms with Gasteiger partial charge in [0.25, 0.3) is 0 Å². The van der Waals surface area contributed by atoms with Gasteiger partial charge in [-0.25, -0.2) is 0 Å². The zero-order chi connectivity index (χ0) is 39.2. The summed E-state index contributed by atoms with van der Waals surface area (Å²) in [5, 5.41) is 0. The molecule has 0 atom stereocenters. The van der Waals surface area contributed by atoms with Crippen LogP contribution in [0.15, 0.2) is 84.9 Å². The summed E-state index contributed by atoms with van der Waals surface area (Å²) >= 11 is 0. The van der Waals surface area contributed by atoms with Gasteiger partial charge in [0.1, 0.15) is 0 Å². The fraction of sp³-hybridized carbons (Fsp3) is 0.510. The van der Waals surface area contributed by atoms with Crippen LogP contribution in [0.5, 0.6) is 0 Å². The zero-order valence-electron chi connectivity index (χ0n) is 35.4. The molecule has 4 nitrogen and oxygen atoms in total. The smallest absolute Gasteiger partial charge is 0.399 e. The van der Waals surface area contributed by atoms with Crippen LogP contribution in [0.25, 0.3) is 11.1 Å². The van der Waals surface area contributed by atoms with Gasteiger partial charge in [0.2, 0.25) is 0 Å². The molecule has 0 unspecified atom stereocenters. The summed E-state index contributed by atoms with van der Waals surface area (Å²) < 4.78 is 26.8. The van der Waals surface area contributed by atoms with Crippen molar-refractivity contribution in [2.45, 2.75) is 161 Å². The summed E-state index contributed by atoms with van der Waals surface area (Å²) in [4.78, 5) is 0. The van der Waals surface area contributed by atoms with Gasteiger partial charge in [-0.15, -0.1) is 0 Å². The maximum Gasteiger partial charge on any atom is 0.494 e. The van der Waals surface area contributed by atoms with E-state index >= 15 is 0 Å². The Morgan fingerprint density at radius 3 is 1.18 bits per heavy atom. The highest BCUT2D eigenvalue weighted by atomic mass is 16.7. The van der Waals surface area contributed by atoms with E-state index in [0.717, 1.165) is 23.8 Å². The lowest BCUT2D eigenvalue weighted by Crippen LogP contribution is -2.41. The molecule has 55 heavy (non-hydrogen) atoms. The second-order valence-electron chi connectivity index (χ2n) is 18.6. The van der Waals surface area contributed by atoms with Crippen molar-refractivity contribution < 1.29 is 18.6 Å². The Bertz CT molecular complexity index is 1820. The highest BCUT2D eigenvalue weighted by molar-refractivity contribution is 6.62. The summed E-state index contributed by atoms with van der Waals surface area (Å²) in [6.07, 6.45) is 12.1. The SMILES string of the molecule is CCCCCCc1cccc(C2(c3cccc(CCCCCC)c3)c3cc(B4OC(C)(C)C(C)(C)O4)ccc3-c3ccc(B4OC(C)(C)C(C)(C)O4)cc32)c1. The molecule has 4 aromatic rings. The molecule has 2 heterocycles. The predicted octanol–water partition coefficient (Wildman–Crippen LogP) is 10.9. The van der Waals surface area contributed by atoms with Crippen LogP contribution in [0.2, 0.25) is 0 Å². The first-order chi connectivity index (χ1) is 26.1. The third-order valence-corrected chi connectivity index (χ3v) is 13.6. The van der Waals surface area contributed by atoms with Crippen molar-refractivity contribution in [3.63, 3.8) is 0 Å². The van der Waals surface area contributed by atoms with Crippen LogP contribution in [0.3, 0.4) is 0 Å². The van der Waals surface area contributed by atoms with Gasteiger partial charge in [-0.3, -0.25) is 0 Å². The molecule has 2 saturated heterocycles. The maximum atomic E-state index is 6.70. The van der Waals surface area contributed by atoms with Gasteiger partial charge in [0.05, 0.1) is 27.8 Å². The van der Waals surface area contributed by atoms with Crippen LogP contribution in [-0.2, 0) is 36.9 Å². The molecule has 0 spiro atoms. The Labute approximate surface area is 333 Å². The zero-order valence-corrected chi connectivity index (χ0v) is 35.4. The quantitative estimate of drug-likeness (QED) is 0.0840. The van der Waals surface area contributed by atoms with E-state index in [1.54, 1.807) is 0 Å². The Hall–Kier alpha value is -3.15. The van der Waals surface area contributed by atoms with Crippen LogP contribution in [0.1, 0.15) is 154 Å². The van der Waals surface area contributed by atoms with Crippen molar-refractivity contribution in [2.24, 2.45) is 0 Å². The molecule has 0 N–H and O–H groups in total. The number of fused-ring (bicyclic) bond motifs is 3. The Balaban J connectivity index is 1.46. The average molecular weight is 739 g/mol. The fourth-order valence-electron chi connectivity index (χ4n) is 8.83. The summed E-state index contributed by atoms with van der Waals surface area (Å²) in [5.74, 6) is 0. The number of rotatable bonds is 14. The van der Waals surface area contributed by atoms with E-state index in [0.29, 0.717) is 0 Å². The molecule has 0 bridgehead atoms. The van der Waals surface area contributed by atoms with Gasteiger partial charge in [0, 0.05) is 0 Å². The van der Waals surface area contributed by atoms with Crippen molar-refractivity contribution in [3.05, 3.63) is 118 Å². The minimum Gasteiger partial charge on any atom is -0.399 e. The molecule has 4 aromatic carbocycles. The second kappa shape index (κ2) is 15.3. The molecule has 3 aliphatic rings. The van der Waals surface area contributed by atoms with Gasteiger partial charge in [-0.2, -0.15) is 0 Å². The molecule has 2 fully saturated rings. The Kier molecular flexibility index (Phi) is 11.2. The van der Waals surface area contributed by atoms with Gasteiger partial charge in [-0.1, -0.05) is 137 Å². The molecule has 0 aromatic heterocycles. The molecule has 1 aliphatic carbocycles. The number of benzene rings is 4. The van der Waals surface area contributed by atoms with E-state index < -0.39 is 42.1 Å². The van der Waals surface area contributed by atoms with E-state index in [2.05, 4.69) is 154 Å². The number of unbranched alkanes of at least 4 members (excludes halogenated alkanes) is 6. The van der Waals surface area contributed by atoms with Crippen LogP contribution < -0.4 is 10.9 Å². The van der Waals surface area contributed by atoms with Gasteiger partial charge in [-0.05, 0) is 137 Å². The number of aryl methyl sites for hydroxylation is 2. The molecule has 2 aliphatic heterocycles. The van der Waals surface area contributed by atoms with Crippen LogP contribution >= 0.6 is 0 Å². The first-order valence-electron chi connectivity index (χ1n) is 21.3. The lowest BCUT2D eigenvalue weighted by molar-refractivity contribution is 0.00578. The van der Waals surface area contributed by atoms with E-state index in [4.69, 9.17) is 18.6 Å². The standard InChI is InChI=1S/C49H64B2O4/c1-11-13-15-17-21-35-23-19-25-37(31-35)49(38-26-20-24-36(32-38)22-18-16-14-12-2)43-33-39(50-52-45(3,4)46(5,6)53-50)27-29-41(43)42-30-28-40(34-44(42)49)51-54-47(7,8)48(9,10)55-51/h19-20,23-34H,11-18,21-22H2,1-10H3. The van der Waals surface area contributed by atoms with E-state index in [1.165, 1.54) is 95.9 Å². The largest absolute Gasteiger partial charge is 0.494 e. The fourth-order valence-corrected chi connectivity index (χ4v) is 8.83. The molecule has 6 heteroatoms. The van der Waals surface area contributed by atoms with Gasteiger partial charge in [0.15, 0.2) is 0 Å². The lowest BCUT2D eigenvalue weighted by atomic mass is 9.64. The van der Waals surface area contributed by atoms with Crippen LogP contribution in [-0.4, -0.2) is 36.6 Å².